The summed E-state index contributed by atoms with van der Waals surface area (Å²) in [6.07, 6.45) is 3.40. The molecule has 0 saturated heterocycles. The van der Waals surface area contributed by atoms with Gasteiger partial charge in [0, 0.05) is 27.9 Å². The molecule has 1 atom stereocenters. The standard InChI is InChI=1S/C26H22Cl2N8O5/c1-40-24(38)13-20(31-23(37)10-5-16-11-17(27)6-9-22(16)36-14-29-34-35-36)21-12-19(25(28)33-32-21)15-3-7-18(8-4-15)30-26(39)41-2/h3-12,14,20H,13H2,1-2H3,(H,30,39)(H,31,37)/b10-5+/t20-/m0/s1. The summed E-state index contributed by atoms with van der Waals surface area (Å²) in [5.74, 6) is -1.11. The second kappa shape index (κ2) is 13.5. The van der Waals surface area contributed by atoms with Crippen molar-refractivity contribution in [2.75, 3.05) is 19.5 Å². The highest BCUT2D eigenvalue weighted by Crippen LogP contribution is 2.30. The molecular weight excluding hydrogens is 575 g/mol. The van der Waals surface area contributed by atoms with Gasteiger partial charge in [-0.1, -0.05) is 35.3 Å². The number of anilines is 1. The fourth-order valence-corrected chi connectivity index (χ4v) is 4.05. The van der Waals surface area contributed by atoms with Crippen LogP contribution in [0.25, 0.3) is 22.9 Å². The Hall–Kier alpha value is -4.88. The van der Waals surface area contributed by atoms with E-state index in [1.807, 2.05) is 0 Å². The summed E-state index contributed by atoms with van der Waals surface area (Å²) in [5, 5.41) is 25.1. The Morgan fingerprint density at radius 1 is 1.02 bits per heavy atom. The summed E-state index contributed by atoms with van der Waals surface area (Å²) in [6.45, 7) is 0. The van der Waals surface area contributed by atoms with E-state index in [0.29, 0.717) is 33.1 Å². The number of aromatic nitrogens is 6. The van der Waals surface area contributed by atoms with E-state index >= 15 is 0 Å². The van der Waals surface area contributed by atoms with Crippen LogP contribution < -0.4 is 10.6 Å². The van der Waals surface area contributed by atoms with Crippen molar-refractivity contribution in [2.45, 2.75) is 12.5 Å². The van der Waals surface area contributed by atoms with Crippen molar-refractivity contribution in [3.8, 4) is 16.8 Å². The molecule has 0 saturated carbocycles. The molecule has 0 spiro atoms. The van der Waals surface area contributed by atoms with Crippen LogP contribution in [0.15, 0.2) is 60.9 Å². The topological polar surface area (TPSA) is 163 Å². The first kappa shape index (κ1) is 29.1. The highest BCUT2D eigenvalue weighted by molar-refractivity contribution is 6.32. The molecule has 4 rings (SSSR count). The number of ether oxygens (including phenoxy) is 2. The Bertz CT molecular complexity index is 1580. The number of halogens is 2. The van der Waals surface area contributed by atoms with Crippen molar-refractivity contribution in [1.82, 2.24) is 35.7 Å². The average Bonchev–Trinajstić information content (AvgIpc) is 3.51. The van der Waals surface area contributed by atoms with Crippen molar-refractivity contribution in [2.24, 2.45) is 0 Å². The number of methoxy groups -OCH3 is 2. The van der Waals surface area contributed by atoms with Crippen LogP contribution in [-0.2, 0) is 19.1 Å². The van der Waals surface area contributed by atoms with E-state index in [-0.39, 0.29) is 17.3 Å². The third-order valence-electron chi connectivity index (χ3n) is 5.67. The third kappa shape index (κ3) is 7.62. The Labute approximate surface area is 243 Å². The monoisotopic (exact) mass is 596 g/mol. The molecule has 210 valence electrons. The molecule has 0 unspecified atom stereocenters. The fourth-order valence-electron chi connectivity index (χ4n) is 3.67. The highest BCUT2D eigenvalue weighted by atomic mass is 35.5. The molecule has 2 aromatic heterocycles. The SMILES string of the molecule is COC(=O)C[C@H](NC(=O)/C=C/c1cc(Cl)ccc1-n1cnnn1)c1cc(-c2ccc(NC(=O)OC)cc2)c(Cl)nn1. The number of nitrogens with one attached hydrogen (secondary N) is 2. The summed E-state index contributed by atoms with van der Waals surface area (Å²) >= 11 is 12.5. The molecular formula is C26H22Cl2N8O5. The molecule has 4 aromatic rings. The Morgan fingerprint density at radius 2 is 1.80 bits per heavy atom. The van der Waals surface area contributed by atoms with Crippen LogP contribution >= 0.6 is 23.2 Å². The van der Waals surface area contributed by atoms with Crippen LogP contribution in [-0.4, -0.2) is 62.6 Å². The Morgan fingerprint density at radius 3 is 2.49 bits per heavy atom. The minimum absolute atomic E-state index is 0.0987. The average molecular weight is 597 g/mol. The molecule has 0 aliphatic carbocycles. The maximum Gasteiger partial charge on any atom is 0.411 e. The first-order valence-corrected chi connectivity index (χ1v) is 12.6. The van der Waals surface area contributed by atoms with Crippen molar-refractivity contribution in [3.05, 3.63) is 82.4 Å². The van der Waals surface area contributed by atoms with Crippen LogP contribution in [0.4, 0.5) is 10.5 Å². The Kier molecular flexibility index (Phi) is 9.55. The number of hydrogen-bond donors (Lipinski definition) is 2. The molecule has 0 aliphatic rings. The van der Waals surface area contributed by atoms with Gasteiger partial charge in [0.05, 0.1) is 38.1 Å². The molecule has 2 heterocycles. The van der Waals surface area contributed by atoms with E-state index in [1.165, 1.54) is 37.4 Å². The van der Waals surface area contributed by atoms with Gasteiger partial charge in [-0.25, -0.2) is 4.79 Å². The fraction of sp³-hybridized carbons (Fsp3) is 0.154. The van der Waals surface area contributed by atoms with Crippen LogP contribution in [0.3, 0.4) is 0 Å². The number of carbonyl (C=O) groups excluding carboxylic acids is 3. The maximum absolute atomic E-state index is 13.0. The summed E-state index contributed by atoms with van der Waals surface area (Å²) in [5.41, 5.74) is 3.08. The lowest BCUT2D eigenvalue weighted by Gasteiger charge is -2.17. The molecule has 0 bridgehead atoms. The number of tetrazole rings is 1. The lowest BCUT2D eigenvalue weighted by Crippen LogP contribution is -2.30. The zero-order valence-corrected chi connectivity index (χ0v) is 23.1. The Balaban J connectivity index is 1.58. The minimum atomic E-state index is -0.901. The number of rotatable bonds is 9. The van der Waals surface area contributed by atoms with Gasteiger partial charge in [-0.15, -0.1) is 10.2 Å². The van der Waals surface area contributed by atoms with Gasteiger partial charge in [-0.3, -0.25) is 14.9 Å². The van der Waals surface area contributed by atoms with Crippen molar-refractivity contribution in [1.29, 1.82) is 0 Å². The van der Waals surface area contributed by atoms with Gasteiger partial charge in [0.2, 0.25) is 5.91 Å². The summed E-state index contributed by atoms with van der Waals surface area (Å²) < 4.78 is 10.8. The third-order valence-corrected chi connectivity index (χ3v) is 6.18. The van der Waals surface area contributed by atoms with Crippen LogP contribution in [0, 0.1) is 0 Å². The van der Waals surface area contributed by atoms with Crippen LogP contribution in [0.5, 0.6) is 0 Å². The number of amides is 2. The van der Waals surface area contributed by atoms with E-state index in [9.17, 15) is 14.4 Å². The minimum Gasteiger partial charge on any atom is -0.469 e. The predicted molar refractivity (Wildman–Crippen MR) is 149 cm³/mol. The predicted octanol–water partition coefficient (Wildman–Crippen LogP) is 4.04. The second-order valence-corrected chi connectivity index (χ2v) is 9.09. The largest absolute Gasteiger partial charge is 0.469 e. The maximum atomic E-state index is 13.0. The molecule has 2 amide bonds. The molecule has 2 N–H and O–H groups in total. The van der Waals surface area contributed by atoms with Gasteiger partial charge in [-0.2, -0.15) is 9.78 Å². The summed E-state index contributed by atoms with van der Waals surface area (Å²) in [6, 6.07) is 12.5. The normalized spacial score (nSPS) is 11.6. The molecule has 41 heavy (non-hydrogen) atoms. The summed E-state index contributed by atoms with van der Waals surface area (Å²) in [7, 11) is 2.50. The van der Waals surface area contributed by atoms with E-state index in [2.05, 4.69) is 41.1 Å². The van der Waals surface area contributed by atoms with Gasteiger partial charge in [0.25, 0.3) is 0 Å². The van der Waals surface area contributed by atoms with Crippen LogP contribution in [0.1, 0.15) is 23.7 Å². The van der Waals surface area contributed by atoms with E-state index in [1.54, 1.807) is 48.5 Å². The van der Waals surface area contributed by atoms with Gasteiger partial charge in [-0.05, 0) is 58.5 Å². The van der Waals surface area contributed by atoms with Crippen molar-refractivity contribution in [3.63, 3.8) is 0 Å². The van der Waals surface area contributed by atoms with E-state index in [0.717, 1.165) is 0 Å². The first-order chi connectivity index (χ1) is 19.8. The number of benzene rings is 2. The summed E-state index contributed by atoms with van der Waals surface area (Å²) in [4.78, 5) is 36.6. The van der Waals surface area contributed by atoms with E-state index in [4.69, 9.17) is 27.9 Å². The van der Waals surface area contributed by atoms with E-state index < -0.39 is 24.0 Å². The van der Waals surface area contributed by atoms with Gasteiger partial charge < -0.3 is 14.8 Å². The van der Waals surface area contributed by atoms with Crippen molar-refractivity contribution >= 4 is 52.9 Å². The molecule has 0 fully saturated rings. The molecule has 15 heteroatoms. The number of carbonyl (C=O) groups is 3. The second-order valence-electron chi connectivity index (χ2n) is 8.30. The molecule has 13 nitrogen and oxygen atoms in total. The number of hydrogen-bond acceptors (Lipinski definition) is 10. The lowest BCUT2D eigenvalue weighted by atomic mass is 10.0. The molecule has 0 radical (unpaired) electrons. The first-order valence-electron chi connectivity index (χ1n) is 11.8. The molecule has 0 aliphatic heterocycles. The highest BCUT2D eigenvalue weighted by Gasteiger charge is 2.22. The number of nitrogens with zero attached hydrogens (tertiary/aromatic N) is 6. The van der Waals surface area contributed by atoms with Gasteiger partial charge >= 0.3 is 12.1 Å². The lowest BCUT2D eigenvalue weighted by molar-refractivity contribution is -0.141. The van der Waals surface area contributed by atoms with Gasteiger partial charge in [0.15, 0.2) is 5.15 Å². The van der Waals surface area contributed by atoms with Crippen LogP contribution in [0.2, 0.25) is 10.2 Å². The zero-order valence-electron chi connectivity index (χ0n) is 21.6. The smallest absolute Gasteiger partial charge is 0.411 e. The quantitative estimate of drug-likeness (QED) is 0.213. The van der Waals surface area contributed by atoms with Crippen molar-refractivity contribution < 1.29 is 23.9 Å². The van der Waals surface area contributed by atoms with Gasteiger partial charge in [0.1, 0.15) is 6.33 Å². The zero-order chi connectivity index (χ0) is 29.4. The number of esters is 1. The molecule has 2 aromatic carbocycles.